The summed E-state index contributed by atoms with van der Waals surface area (Å²) in [7, 11) is 1.34. The Bertz CT molecular complexity index is 972. The second-order valence-corrected chi connectivity index (χ2v) is 5.69. The molecule has 0 aliphatic rings. The molecule has 0 amide bonds. The van der Waals surface area contributed by atoms with Crippen LogP contribution in [0.1, 0.15) is 37.3 Å². The number of hydrogen-bond donors (Lipinski definition) is 2. The van der Waals surface area contributed by atoms with E-state index in [-0.39, 0.29) is 17.3 Å². The third kappa shape index (κ3) is 4.48. The molecule has 0 atom stereocenters. The Labute approximate surface area is 157 Å². The number of methoxy groups -OCH3 is 1. The summed E-state index contributed by atoms with van der Waals surface area (Å²) < 4.78 is 45.2. The summed E-state index contributed by atoms with van der Waals surface area (Å²) in [6.07, 6.45) is -2.25. The molecule has 0 aliphatic carbocycles. The number of alkyl halides is 3. The summed E-state index contributed by atoms with van der Waals surface area (Å²) in [5.41, 5.74) is -3.31. The number of aromatic amines is 1. The fraction of sp³-hybridized carbons (Fsp3) is 0.438. The lowest BCUT2D eigenvalue weighted by Gasteiger charge is -2.08. The fourth-order valence-corrected chi connectivity index (χ4v) is 2.37. The zero-order valence-corrected chi connectivity index (χ0v) is 15.0. The number of aromatic nitrogens is 3. The van der Waals surface area contributed by atoms with Crippen LogP contribution < -0.4 is 10.3 Å². The number of H-pyrrole nitrogens is 1. The molecule has 12 heteroatoms. The number of rotatable bonds is 7. The van der Waals surface area contributed by atoms with Gasteiger partial charge in [0.2, 0.25) is 17.6 Å². The van der Waals surface area contributed by atoms with Gasteiger partial charge in [0.05, 0.1) is 7.11 Å². The van der Waals surface area contributed by atoms with Gasteiger partial charge >= 0.3 is 6.18 Å². The first-order valence-corrected chi connectivity index (χ1v) is 8.23. The largest absolute Gasteiger partial charge is 0.494 e. The molecular formula is C16H17F3N6O3. The molecule has 2 aromatic rings. The first-order chi connectivity index (χ1) is 13.2. The summed E-state index contributed by atoms with van der Waals surface area (Å²) in [6.45, 7) is 2.46. The standard InChI is InChI=1S/C16H17F3N6O3/c1-3-4-5-6-25-15(28-2)9(8-20)12(24-25)23-22-11-7-10(16(17,18)19)13(26)21-14(11)27/h7H,3-6H2,1-2H3,(H2,21,26,27). The predicted molar refractivity (Wildman–Crippen MR) is 90.9 cm³/mol. The quantitative estimate of drug-likeness (QED) is 0.542. The topological polar surface area (TPSA) is 129 Å². The van der Waals surface area contributed by atoms with E-state index in [1.807, 2.05) is 13.0 Å². The van der Waals surface area contributed by atoms with E-state index in [0.29, 0.717) is 12.6 Å². The van der Waals surface area contributed by atoms with E-state index in [4.69, 9.17) is 4.74 Å². The highest BCUT2D eigenvalue weighted by atomic mass is 19.4. The Morgan fingerprint density at radius 2 is 2.11 bits per heavy atom. The minimum atomic E-state index is -4.90. The number of nitrogens with one attached hydrogen (secondary N) is 1. The molecule has 0 spiro atoms. The van der Waals surface area contributed by atoms with E-state index >= 15 is 0 Å². The highest BCUT2D eigenvalue weighted by Gasteiger charge is 2.35. The number of aryl methyl sites for hydroxylation is 1. The van der Waals surface area contributed by atoms with E-state index in [0.717, 1.165) is 19.3 Å². The van der Waals surface area contributed by atoms with Crippen LogP contribution in [-0.4, -0.2) is 27.0 Å². The minimum absolute atomic E-state index is 0.0611. The van der Waals surface area contributed by atoms with Crippen LogP contribution in [0.4, 0.5) is 24.7 Å². The van der Waals surface area contributed by atoms with Gasteiger partial charge in [0, 0.05) is 6.54 Å². The van der Waals surface area contributed by atoms with E-state index < -0.39 is 28.9 Å². The van der Waals surface area contributed by atoms with Gasteiger partial charge in [-0.1, -0.05) is 19.8 Å². The number of ether oxygens (including phenoxy) is 1. The molecule has 0 unspecified atom stereocenters. The summed E-state index contributed by atoms with van der Waals surface area (Å²) in [5.74, 6) is -1.38. The minimum Gasteiger partial charge on any atom is -0.494 e. The van der Waals surface area contributed by atoms with Crippen molar-refractivity contribution in [3.63, 3.8) is 0 Å². The Kier molecular flexibility index (Phi) is 6.40. The maximum atomic E-state index is 12.9. The normalized spacial score (nSPS) is 11.7. The number of aromatic hydroxyl groups is 1. The second kappa shape index (κ2) is 8.55. The first kappa shape index (κ1) is 20.9. The van der Waals surface area contributed by atoms with Gasteiger partial charge in [-0.05, 0) is 12.5 Å². The monoisotopic (exact) mass is 398 g/mol. The maximum absolute atomic E-state index is 12.9. The molecule has 0 radical (unpaired) electrons. The zero-order chi connectivity index (χ0) is 20.9. The van der Waals surface area contributed by atoms with Gasteiger partial charge in [0.1, 0.15) is 11.6 Å². The number of unbranched alkanes of at least 4 members (excludes halogenated alkanes) is 2. The number of pyridine rings is 1. The first-order valence-electron chi connectivity index (χ1n) is 8.23. The highest BCUT2D eigenvalue weighted by molar-refractivity contribution is 5.54. The van der Waals surface area contributed by atoms with Crippen molar-refractivity contribution in [3.8, 4) is 17.8 Å². The van der Waals surface area contributed by atoms with Crippen LogP contribution in [0.3, 0.4) is 0 Å². The third-order valence-electron chi connectivity index (χ3n) is 3.72. The molecule has 2 aromatic heterocycles. The van der Waals surface area contributed by atoms with Gasteiger partial charge in [0.25, 0.3) is 5.56 Å². The van der Waals surface area contributed by atoms with E-state index in [1.165, 1.54) is 11.8 Å². The molecule has 0 bridgehead atoms. The number of hydrogen-bond acceptors (Lipinski definition) is 7. The van der Waals surface area contributed by atoms with Gasteiger partial charge in [-0.25, -0.2) is 4.68 Å². The van der Waals surface area contributed by atoms with Crippen molar-refractivity contribution in [2.45, 2.75) is 38.9 Å². The molecule has 2 heterocycles. The molecule has 2 N–H and O–H groups in total. The Hall–Kier alpha value is -3.36. The van der Waals surface area contributed by atoms with Crippen LogP contribution in [-0.2, 0) is 12.7 Å². The average molecular weight is 398 g/mol. The summed E-state index contributed by atoms with van der Waals surface area (Å²) in [4.78, 5) is 13.4. The van der Waals surface area contributed by atoms with Crippen LogP contribution in [0.5, 0.6) is 11.8 Å². The Balaban J connectivity index is 2.44. The molecule has 150 valence electrons. The van der Waals surface area contributed by atoms with Crippen molar-refractivity contribution < 1.29 is 23.0 Å². The summed E-state index contributed by atoms with van der Waals surface area (Å²) >= 11 is 0. The van der Waals surface area contributed by atoms with Crippen LogP contribution in [0.15, 0.2) is 21.1 Å². The number of halogens is 3. The Morgan fingerprint density at radius 3 is 2.68 bits per heavy atom. The average Bonchev–Trinajstić information content (AvgIpc) is 2.96. The fourth-order valence-electron chi connectivity index (χ4n) is 2.37. The van der Waals surface area contributed by atoms with Crippen molar-refractivity contribution in [1.82, 2.24) is 14.8 Å². The lowest BCUT2D eigenvalue weighted by Crippen LogP contribution is -2.12. The lowest BCUT2D eigenvalue weighted by molar-refractivity contribution is -0.139. The lowest BCUT2D eigenvalue weighted by atomic mass is 10.2. The molecule has 0 saturated heterocycles. The van der Waals surface area contributed by atoms with Crippen LogP contribution in [0.25, 0.3) is 0 Å². The van der Waals surface area contributed by atoms with Gasteiger partial charge < -0.3 is 9.84 Å². The SMILES string of the molecule is CCCCCn1nc(N=Nc2cc(C(F)(F)F)c(O)[nH]c2=O)c(C#N)c1OC. The molecular weight excluding hydrogens is 381 g/mol. The smallest absolute Gasteiger partial charge is 0.421 e. The van der Waals surface area contributed by atoms with E-state index in [9.17, 15) is 28.3 Å². The predicted octanol–water partition coefficient (Wildman–Crippen LogP) is 3.78. The third-order valence-corrected chi connectivity index (χ3v) is 3.72. The zero-order valence-electron chi connectivity index (χ0n) is 15.0. The van der Waals surface area contributed by atoms with Crippen molar-refractivity contribution in [3.05, 3.63) is 27.5 Å². The van der Waals surface area contributed by atoms with E-state index in [1.54, 1.807) is 4.98 Å². The summed E-state index contributed by atoms with van der Waals surface area (Å²) in [6, 6.07) is 2.21. The van der Waals surface area contributed by atoms with Crippen molar-refractivity contribution in [2.75, 3.05) is 7.11 Å². The molecule has 2 rings (SSSR count). The van der Waals surface area contributed by atoms with Crippen molar-refractivity contribution >= 4 is 11.5 Å². The van der Waals surface area contributed by atoms with Crippen LogP contribution >= 0.6 is 0 Å². The molecule has 0 aromatic carbocycles. The number of nitrogens with zero attached hydrogens (tertiary/aromatic N) is 5. The van der Waals surface area contributed by atoms with Crippen LogP contribution in [0.2, 0.25) is 0 Å². The molecule has 0 aliphatic heterocycles. The number of nitriles is 1. The number of azo groups is 1. The van der Waals surface area contributed by atoms with Crippen LogP contribution in [0, 0.1) is 11.3 Å². The molecule has 9 nitrogen and oxygen atoms in total. The summed E-state index contributed by atoms with van der Waals surface area (Å²) in [5, 5.41) is 29.8. The molecule has 28 heavy (non-hydrogen) atoms. The van der Waals surface area contributed by atoms with E-state index in [2.05, 4.69) is 15.3 Å². The van der Waals surface area contributed by atoms with Gasteiger partial charge in [-0.2, -0.15) is 18.4 Å². The second-order valence-electron chi connectivity index (χ2n) is 5.69. The Morgan fingerprint density at radius 1 is 1.39 bits per heavy atom. The van der Waals surface area contributed by atoms with Gasteiger partial charge in [-0.3, -0.25) is 9.78 Å². The van der Waals surface area contributed by atoms with Crippen molar-refractivity contribution in [2.24, 2.45) is 10.2 Å². The highest BCUT2D eigenvalue weighted by Crippen LogP contribution is 2.35. The van der Waals surface area contributed by atoms with Crippen molar-refractivity contribution in [1.29, 1.82) is 5.26 Å². The van der Waals surface area contributed by atoms with Gasteiger partial charge in [0.15, 0.2) is 11.3 Å². The maximum Gasteiger partial charge on any atom is 0.421 e. The molecule has 0 fully saturated rings. The van der Waals surface area contributed by atoms with Gasteiger partial charge in [-0.15, -0.1) is 15.3 Å². The molecule has 0 saturated carbocycles.